The highest BCUT2D eigenvalue weighted by Crippen LogP contribution is 2.34. The number of sulfonamides is 1. The fourth-order valence-corrected chi connectivity index (χ4v) is 6.13. The molecule has 0 bridgehead atoms. The summed E-state index contributed by atoms with van der Waals surface area (Å²) in [6, 6.07) is 13.2. The zero-order valence-corrected chi connectivity index (χ0v) is 25.8. The van der Waals surface area contributed by atoms with E-state index in [2.05, 4.69) is 10.0 Å². The van der Waals surface area contributed by atoms with Crippen molar-refractivity contribution in [3.8, 4) is 17.2 Å². The van der Waals surface area contributed by atoms with Gasteiger partial charge in [-0.2, -0.15) is 0 Å². The number of hydrogen-bond donors (Lipinski definition) is 3. The molecule has 0 radical (unpaired) electrons. The minimum Gasteiger partial charge on any atom is -0.488 e. The summed E-state index contributed by atoms with van der Waals surface area (Å²) in [6.45, 7) is 3.88. The van der Waals surface area contributed by atoms with E-state index in [1.54, 1.807) is 43.1 Å². The number of fused-ring (bicyclic) bond motifs is 2. The Labute approximate surface area is 260 Å². The first kappa shape index (κ1) is 31.9. The highest BCUT2D eigenvalue weighted by Gasteiger charge is 2.32. The third-order valence-electron chi connectivity index (χ3n) is 7.72. The Balaban J connectivity index is 1.38. The first-order valence-corrected chi connectivity index (χ1v) is 15.8. The Bertz CT molecular complexity index is 1670. The topological polar surface area (TPSA) is 147 Å². The Morgan fingerprint density at radius 1 is 1.07 bits per heavy atom. The number of likely N-dealkylation sites (N-methyl/N-ethyl adjacent to an activating group) is 1. The predicted octanol–water partition coefficient (Wildman–Crippen LogP) is 3.67. The van der Waals surface area contributed by atoms with Gasteiger partial charge in [-0.25, -0.2) is 17.6 Å². The van der Waals surface area contributed by atoms with Crippen molar-refractivity contribution < 1.29 is 41.7 Å². The molecule has 14 heteroatoms. The van der Waals surface area contributed by atoms with Crippen LogP contribution in [0.15, 0.2) is 65.6 Å². The Hall–Kier alpha value is -4.56. The summed E-state index contributed by atoms with van der Waals surface area (Å²) >= 11 is 0. The Morgan fingerprint density at radius 3 is 2.49 bits per heavy atom. The molecule has 12 nitrogen and oxygen atoms in total. The van der Waals surface area contributed by atoms with Crippen molar-refractivity contribution in [1.82, 2.24) is 9.80 Å². The highest BCUT2D eigenvalue weighted by molar-refractivity contribution is 7.92. The van der Waals surface area contributed by atoms with Gasteiger partial charge in [0.05, 0.1) is 30.5 Å². The maximum atomic E-state index is 13.5. The SMILES string of the molecule is C[C@@H]1CN([C@@H](C)CO)C(=O)Cc2cc(NS(=O)(=O)c3ccc(F)cc3)ccc2O[C@@H]1CN(C)C(=O)Nc1ccc2c(c1)OCO2. The van der Waals surface area contributed by atoms with Gasteiger partial charge in [0, 0.05) is 42.5 Å². The number of nitrogens with one attached hydrogen (secondary N) is 2. The molecule has 3 atom stereocenters. The Morgan fingerprint density at radius 2 is 1.76 bits per heavy atom. The van der Waals surface area contributed by atoms with E-state index in [-0.39, 0.29) is 55.3 Å². The summed E-state index contributed by atoms with van der Waals surface area (Å²) in [5, 5.41) is 12.7. The number of hydrogen-bond acceptors (Lipinski definition) is 8. The average Bonchev–Trinajstić information content (AvgIpc) is 3.48. The number of anilines is 2. The minimum atomic E-state index is -4.05. The van der Waals surface area contributed by atoms with Crippen LogP contribution in [0, 0.1) is 11.7 Å². The van der Waals surface area contributed by atoms with Crippen molar-refractivity contribution in [3.05, 3.63) is 72.0 Å². The third kappa shape index (κ3) is 7.40. The van der Waals surface area contributed by atoms with Gasteiger partial charge in [0.15, 0.2) is 11.5 Å². The summed E-state index contributed by atoms with van der Waals surface area (Å²) in [5.74, 6) is 0.363. The van der Waals surface area contributed by atoms with Crippen molar-refractivity contribution >= 4 is 33.3 Å². The molecule has 45 heavy (non-hydrogen) atoms. The largest absolute Gasteiger partial charge is 0.488 e. The van der Waals surface area contributed by atoms with Gasteiger partial charge < -0.3 is 34.4 Å². The van der Waals surface area contributed by atoms with Gasteiger partial charge in [0.25, 0.3) is 10.0 Å². The molecule has 0 saturated carbocycles. The van der Waals surface area contributed by atoms with Crippen molar-refractivity contribution in [2.75, 3.05) is 43.6 Å². The van der Waals surface area contributed by atoms with Gasteiger partial charge in [0.2, 0.25) is 12.7 Å². The molecule has 3 N–H and O–H groups in total. The van der Waals surface area contributed by atoms with Crippen LogP contribution in [0.25, 0.3) is 0 Å². The van der Waals surface area contributed by atoms with E-state index in [1.165, 1.54) is 17.0 Å². The van der Waals surface area contributed by atoms with E-state index in [9.17, 15) is 27.5 Å². The van der Waals surface area contributed by atoms with E-state index in [4.69, 9.17) is 14.2 Å². The zero-order valence-electron chi connectivity index (χ0n) is 25.0. The number of nitrogens with zero attached hydrogens (tertiary/aromatic N) is 2. The lowest BCUT2D eigenvalue weighted by atomic mass is 10.0. The lowest BCUT2D eigenvalue weighted by Gasteiger charge is -2.34. The fourth-order valence-electron chi connectivity index (χ4n) is 5.08. The lowest BCUT2D eigenvalue weighted by Crippen LogP contribution is -2.48. The number of carbonyl (C=O) groups excluding carboxylic acids is 2. The van der Waals surface area contributed by atoms with E-state index in [0.29, 0.717) is 28.5 Å². The normalized spacial score (nSPS) is 18.5. The summed E-state index contributed by atoms with van der Waals surface area (Å²) in [4.78, 5) is 29.5. The van der Waals surface area contributed by atoms with Gasteiger partial charge in [-0.05, 0) is 61.5 Å². The van der Waals surface area contributed by atoms with Crippen molar-refractivity contribution in [3.63, 3.8) is 0 Å². The summed E-state index contributed by atoms with van der Waals surface area (Å²) in [6.07, 6.45) is -0.705. The fraction of sp³-hybridized carbons (Fsp3) is 0.355. The smallest absolute Gasteiger partial charge is 0.321 e. The van der Waals surface area contributed by atoms with Crippen LogP contribution in [0.5, 0.6) is 17.2 Å². The van der Waals surface area contributed by atoms with Crippen LogP contribution in [0.1, 0.15) is 19.4 Å². The van der Waals surface area contributed by atoms with Crippen LogP contribution >= 0.6 is 0 Å². The first-order valence-electron chi connectivity index (χ1n) is 14.3. The van der Waals surface area contributed by atoms with Gasteiger partial charge >= 0.3 is 6.03 Å². The van der Waals surface area contributed by atoms with E-state index in [1.807, 2.05) is 6.92 Å². The van der Waals surface area contributed by atoms with Crippen LogP contribution in [0.4, 0.5) is 20.6 Å². The molecule has 0 spiro atoms. The van der Waals surface area contributed by atoms with Crippen LogP contribution in [0.3, 0.4) is 0 Å². The molecule has 2 aliphatic rings. The molecule has 0 fully saturated rings. The second kappa shape index (κ2) is 13.2. The van der Waals surface area contributed by atoms with Gasteiger partial charge in [-0.3, -0.25) is 9.52 Å². The van der Waals surface area contributed by atoms with E-state index in [0.717, 1.165) is 24.3 Å². The number of aliphatic hydroxyl groups is 1. The highest BCUT2D eigenvalue weighted by atomic mass is 32.2. The molecule has 5 rings (SSSR count). The minimum absolute atomic E-state index is 0.112. The molecular formula is C31H35FN4O8S. The molecule has 0 aromatic heterocycles. The van der Waals surface area contributed by atoms with E-state index < -0.39 is 34.0 Å². The second-order valence-electron chi connectivity index (χ2n) is 11.1. The zero-order chi connectivity index (χ0) is 32.3. The monoisotopic (exact) mass is 642 g/mol. The quantitative estimate of drug-likeness (QED) is 0.338. The molecule has 0 saturated heterocycles. The number of amides is 3. The first-order chi connectivity index (χ1) is 21.4. The van der Waals surface area contributed by atoms with Crippen molar-refractivity contribution in [1.29, 1.82) is 0 Å². The number of carbonyl (C=O) groups is 2. The van der Waals surface area contributed by atoms with Gasteiger partial charge in [-0.15, -0.1) is 0 Å². The molecule has 240 valence electrons. The van der Waals surface area contributed by atoms with Crippen molar-refractivity contribution in [2.45, 2.75) is 37.3 Å². The second-order valence-corrected chi connectivity index (χ2v) is 12.8. The third-order valence-corrected chi connectivity index (χ3v) is 9.11. The molecule has 2 aliphatic heterocycles. The van der Waals surface area contributed by atoms with Crippen LogP contribution in [0.2, 0.25) is 0 Å². The Kier molecular flexibility index (Phi) is 9.34. The number of halogens is 1. The van der Waals surface area contributed by atoms with Crippen LogP contribution in [-0.4, -0.2) is 80.9 Å². The van der Waals surface area contributed by atoms with Gasteiger partial charge in [0.1, 0.15) is 17.7 Å². The lowest BCUT2D eigenvalue weighted by molar-refractivity contribution is -0.134. The average molecular weight is 643 g/mol. The maximum absolute atomic E-state index is 13.5. The summed E-state index contributed by atoms with van der Waals surface area (Å²) in [5.41, 5.74) is 1.12. The maximum Gasteiger partial charge on any atom is 0.321 e. The molecule has 2 heterocycles. The van der Waals surface area contributed by atoms with Gasteiger partial charge in [-0.1, -0.05) is 6.92 Å². The molecule has 3 amide bonds. The van der Waals surface area contributed by atoms with Crippen LogP contribution < -0.4 is 24.2 Å². The summed E-state index contributed by atoms with van der Waals surface area (Å²) in [7, 11) is -2.42. The number of benzene rings is 3. The molecule has 3 aromatic rings. The standard InChI is InChI=1S/C31H35FN4O8S/c1-19-15-36(20(2)17-37)30(38)13-21-12-24(34-45(40,41)25-8-4-22(32)5-9-25)7-10-26(21)44-29(19)16-35(3)31(39)33-23-6-11-27-28(14-23)43-18-42-27/h4-12,14,19-20,29,34,37H,13,15-18H2,1-3H3,(H,33,39)/t19-,20+,29-/m1/s1. The molecule has 3 aromatic carbocycles. The molecule has 0 unspecified atom stereocenters. The van der Waals surface area contributed by atoms with Crippen LogP contribution in [-0.2, 0) is 21.2 Å². The number of rotatable bonds is 8. The summed E-state index contributed by atoms with van der Waals surface area (Å²) < 4.78 is 58.9. The molecular weight excluding hydrogens is 607 g/mol. The van der Waals surface area contributed by atoms with E-state index >= 15 is 0 Å². The predicted molar refractivity (Wildman–Crippen MR) is 163 cm³/mol. The number of aliphatic hydroxyl groups excluding tert-OH is 1. The number of ether oxygens (including phenoxy) is 3. The number of urea groups is 1. The molecule has 0 aliphatic carbocycles. The van der Waals surface area contributed by atoms with Crippen molar-refractivity contribution in [2.24, 2.45) is 5.92 Å².